The Bertz CT molecular complexity index is 468. The first-order chi connectivity index (χ1) is 9.81. The van der Waals surface area contributed by atoms with Crippen LogP contribution in [0.15, 0.2) is 24.3 Å². The van der Waals surface area contributed by atoms with Crippen molar-refractivity contribution in [3.8, 4) is 11.5 Å². The van der Waals surface area contributed by atoms with Crippen molar-refractivity contribution in [2.45, 2.75) is 39.8 Å². The molecule has 0 spiro atoms. The molecule has 0 saturated heterocycles. The molecule has 118 valence electrons. The molecule has 0 radical (unpaired) electrons. The molecule has 3 nitrogen and oxygen atoms in total. The fraction of sp³-hybridized carbons (Fsp3) is 0.500. The van der Waals surface area contributed by atoms with Crippen LogP contribution in [0, 0.1) is 0 Å². The summed E-state index contributed by atoms with van der Waals surface area (Å²) in [5, 5.41) is 3.33. The number of ether oxygens (including phenoxy) is 2. The summed E-state index contributed by atoms with van der Waals surface area (Å²) in [7, 11) is 0. The van der Waals surface area contributed by atoms with Gasteiger partial charge in [0.15, 0.2) is 11.5 Å². The Morgan fingerprint density at radius 2 is 1.95 bits per heavy atom. The normalized spacial score (nSPS) is 12.1. The van der Waals surface area contributed by atoms with Crippen molar-refractivity contribution in [2.75, 3.05) is 13.2 Å². The topological polar surface area (TPSA) is 30.5 Å². The Kier molecular flexibility index (Phi) is 6.62. The van der Waals surface area contributed by atoms with E-state index in [9.17, 15) is 8.78 Å². The molecule has 0 aromatic heterocycles. The van der Waals surface area contributed by atoms with Gasteiger partial charge in [0.1, 0.15) is 0 Å². The Morgan fingerprint density at radius 1 is 1.24 bits per heavy atom. The first kappa shape index (κ1) is 17.4. The summed E-state index contributed by atoms with van der Waals surface area (Å²) in [5.41, 5.74) is 0.922. The first-order valence-corrected chi connectivity index (χ1v) is 6.95. The van der Waals surface area contributed by atoms with Crippen LogP contribution in [0.5, 0.6) is 11.5 Å². The van der Waals surface area contributed by atoms with Crippen molar-refractivity contribution >= 4 is 6.08 Å². The van der Waals surface area contributed by atoms with E-state index in [2.05, 4.69) is 30.8 Å². The zero-order chi connectivity index (χ0) is 15.9. The maximum atomic E-state index is 12.3. The predicted molar refractivity (Wildman–Crippen MR) is 81.0 cm³/mol. The van der Waals surface area contributed by atoms with Crippen molar-refractivity contribution in [2.24, 2.45) is 0 Å². The summed E-state index contributed by atoms with van der Waals surface area (Å²) in [4.78, 5) is 0. The zero-order valence-electron chi connectivity index (χ0n) is 13.0. The second-order valence-corrected chi connectivity index (χ2v) is 5.55. The van der Waals surface area contributed by atoms with Crippen LogP contribution in [-0.2, 0) is 0 Å². The second-order valence-electron chi connectivity index (χ2n) is 5.55. The fourth-order valence-electron chi connectivity index (χ4n) is 1.65. The van der Waals surface area contributed by atoms with Crippen molar-refractivity contribution < 1.29 is 18.3 Å². The molecular formula is C16H23F2NO2. The number of hydrogen-bond donors (Lipinski definition) is 1. The molecule has 1 aromatic rings. The maximum absolute atomic E-state index is 12.3. The van der Waals surface area contributed by atoms with E-state index in [1.54, 1.807) is 19.1 Å². The van der Waals surface area contributed by atoms with Gasteiger partial charge in [0.2, 0.25) is 0 Å². The molecule has 0 amide bonds. The standard InChI is InChI=1S/C16H23F2NO2/c1-5-20-14-11-12(7-6-10-19-16(2,3)4)8-9-13(14)21-15(17)18/h6-9,11,15,19H,5,10H2,1-4H3. The van der Waals surface area contributed by atoms with Gasteiger partial charge in [-0.05, 0) is 45.4 Å². The van der Waals surface area contributed by atoms with Crippen LogP contribution in [0.3, 0.4) is 0 Å². The molecule has 5 heteroatoms. The predicted octanol–water partition coefficient (Wildman–Crippen LogP) is 4.09. The van der Waals surface area contributed by atoms with E-state index in [1.165, 1.54) is 6.07 Å². The minimum absolute atomic E-state index is 0.0514. The van der Waals surface area contributed by atoms with Crippen LogP contribution in [0.25, 0.3) is 6.08 Å². The highest BCUT2D eigenvalue weighted by molar-refractivity contribution is 5.56. The van der Waals surface area contributed by atoms with Crippen LogP contribution in [0.2, 0.25) is 0 Å². The Balaban J connectivity index is 2.75. The molecule has 0 aliphatic rings. The lowest BCUT2D eigenvalue weighted by Crippen LogP contribution is -2.35. The van der Waals surface area contributed by atoms with Crippen molar-refractivity contribution in [1.29, 1.82) is 0 Å². The summed E-state index contributed by atoms with van der Waals surface area (Å²) in [6.07, 6.45) is 3.89. The quantitative estimate of drug-likeness (QED) is 0.822. The van der Waals surface area contributed by atoms with Gasteiger partial charge in [-0.25, -0.2) is 0 Å². The van der Waals surface area contributed by atoms with Gasteiger partial charge in [-0.2, -0.15) is 8.78 Å². The van der Waals surface area contributed by atoms with Crippen LogP contribution >= 0.6 is 0 Å². The van der Waals surface area contributed by atoms with Gasteiger partial charge in [0.25, 0.3) is 0 Å². The molecule has 0 saturated carbocycles. The highest BCUT2D eigenvalue weighted by Crippen LogP contribution is 2.30. The van der Waals surface area contributed by atoms with E-state index in [1.807, 2.05) is 12.2 Å². The summed E-state index contributed by atoms with van der Waals surface area (Å²) >= 11 is 0. The number of nitrogens with one attached hydrogen (secondary N) is 1. The number of halogens is 2. The molecule has 0 atom stereocenters. The maximum Gasteiger partial charge on any atom is 0.387 e. The molecular weight excluding hydrogens is 276 g/mol. The third kappa shape index (κ3) is 7.09. The minimum Gasteiger partial charge on any atom is -0.490 e. The van der Waals surface area contributed by atoms with Gasteiger partial charge in [-0.1, -0.05) is 18.2 Å². The molecule has 21 heavy (non-hydrogen) atoms. The van der Waals surface area contributed by atoms with Gasteiger partial charge >= 0.3 is 6.61 Å². The molecule has 0 aliphatic heterocycles. The fourth-order valence-corrected chi connectivity index (χ4v) is 1.65. The largest absolute Gasteiger partial charge is 0.490 e. The second kappa shape index (κ2) is 7.98. The summed E-state index contributed by atoms with van der Waals surface area (Å²) < 4.78 is 34.4. The van der Waals surface area contributed by atoms with E-state index in [0.29, 0.717) is 12.4 Å². The van der Waals surface area contributed by atoms with E-state index in [0.717, 1.165) is 12.1 Å². The summed E-state index contributed by atoms with van der Waals surface area (Å²) in [5.74, 6) is 0.376. The lowest BCUT2D eigenvalue weighted by molar-refractivity contribution is -0.0514. The number of benzene rings is 1. The molecule has 1 aromatic carbocycles. The van der Waals surface area contributed by atoms with Crippen molar-refractivity contribution in [3.05, 3.63) is 29.8 Å². The van der Waals surface area contributed by atoms with Crippen LogP contribution in [0.1, 0.15) is 33.3 Å². The lowest BCUT2D eigenvalue weighted by Gasteiger charge is -2.18. The summed E-state index contributed by atoms with van der Waals surface area (Å²) in [6.45, 7) is 6.31. The molecule has 0 bridgehead atoms. The van der Waals surface area contributed by atoms with E-state index >= 15 is 0 Å². The summed E-state index contributed by atoms with van der Waals surface area (Å²) in [6, 6.07) is 4.90. The van der Waals surface area contributed by atoms with Crippen LogP contribution in [-0.4, -0.2) is 25.3 Å². The number of rotatable bonds is 7. The highest BCUT2D eigenvalue weighted by atomic mass is 19.3. The molecule has 1 rings (SSSR count). The first-order valence-electron chi connectivity index (χ1n) is 6.95. The molecule has 0 fully saturated rings. The van der Waals surface area contributed by atoms with E-state index in [-0.39, 0.29) is 11.3 Å². The molecule has 0 aliphatic carbocycles. The average Bonchev–Trinajstić information content (AvgIpc) is 2.36. The molecule has 0 unspecified atom stereocenters. The van der Waals surface area contributed by atoms with Gasteiger partial charge in [0, 0.05) is 12.1 Å². The van der Waals surface area contributed by atoms with E-state index in [4.69, 9.17) is 4.74 Å². The van der Waals surface area contributed by atoms with Gasteiger partial charge in [0.05, 0.1) is 6.61 Å². The monoisotopic (exact) mass is 299 g/mol. The average molecular weight is 299 g/mol. The Morgan fingerprint density at radius 3 is 2.52 bits per heavy atom. The molecule has 1 N–H and O–H groups in total. The SMILES string of the molecule is CCOc1cc(C=CCNC(C)(C)C)ccc1OC(F)F. The third-order valence-corrected chi connectivity index (χ3v) is 2.54. The number of alkyl halides is 2. The van der Waals surface area contributed by atoms with Gasteiger partial charge < -0.3 is 14.8 Å². The van der Waals surface area contributed by atoms with Crippen molar-refractivity contribution in [1.82, 2.24) is 5.32 Å². The van der Waals surface area contributed by atoms with Crippen LogP contribution < -0.4 is 14.8 Å². The zero-order valence-corrected chi connectivity index (χ0v) is 13.0. The van der Waals surface area contributed by atoms with Gasteiger partial charge in [-0.3, -0.25) is 0 Å². The third-order valence-electron chi connectivity index (χ3n) is 2.54. The minimum atomic E-state index is -2.86. The van der Waals surface area contributed by atoms with Crippen molar-refractivity contribution in [3.63, 3.8) is 0 Å². The van der Waals surface area contributed by atoms with Crippen LogP contribution in [0.4, 0.5) is 8.78 Å². The lowest BCUT2D eigenvalue weighted by atomic mass is 10.1. The highest BCUT2D eigenvalue weighted by Gasteiger charge is 2.11. The number of hydrogen-bond acceptors (Lipinski definition) is 3. The van der Waals surface area contributed by atoms with Gasteiger partial charge in [-0.15, -0.1) is 0 Å². The van der Waals surface area contributed by atoms with E-state index < -0.39 is 6.61 Å². The smallest absolute Gasteiger partial charge is 0.387 e. The Labute approximate surface area is 124 Å². The Hall–Kier alpha value is -1.62. The molecule has 0 heterocycles.